The third-order valence-electron chi connectivity index (χ3n) is 3.08. The fourth-order valence-electron chi connectivity index (χ4n) is 2.20. The first-order valence-corrected chi connectivity index (χ1v) is 5.75. The summed E-state index contributed by atoms with van der Waals surface area (Å²) in [6.07, 6.45) is 1.80. The smallest absolute Gasteiger partial charge is 0.147 e. The third-order valence-corrected chi connectivity index (χ3v) is 3.08. The van der Waals surface area contributed by atoms with Crippen LogP contribution in [0.25, 0.3) is 0 Å². The van der Waals surface area contributed by atoms with Crippen LogP contribution in [0, 0.1) is 0 Å². The molecule has 5 nitrogen and oxygen atoms in total. The van der Waals surface area contributed by atoms with Gasteiger partial charge >= 0.3 is 0 Å². The Morgan fingerprint density at radius 3 is 3.12 bits per heavy atom. The Balaban J connectivity index is 1.72. The predicted octanol–water partition coefficient (Wildman–Crippen LogP) is 0.876. The number of benzene rings is 1. The Morgan fingerprint density at radius 1 is 1.29 bits per heavy atom. The van der Waals surface area contributed by atoms with Gasteiger partial charge in [0.25, 0.3) is 0 Å². The van der Waals surface area contributed by atoms with Gasteiger partial charge in [0.15, 0.2) is 0 Å². The molecule has 1 aliphatic rings. The topological polar surface area (TPSA) is 60.0 Å². The summed E-state index contributed by atoms with van der Waals surface area (Å²) in [7, 11) is 0. The van der Waals surface area contributed by atoms with E-state index in [-0.39, 0.29) is 0 Å². The molecule has 1 aromatic carbocycles. The second kappa shape index (κ2) is 4.18. The molecule has 0 fully saturated rings. The third kappa shape index (κ3) is 2.14. The van der Waals surface area contributed by atoms with Gasteiger partial charge in [0.1, 0.15) is 12.2 Å². The van der Waals surface area contributed by atoms with Crippen molar-refractivity contribution < 1.29 is 0 Å². The molecule has 0 unspecified atom stereocenters. The van der Waals surface area contributed by atoms with Crippen LogP contribution in [0.1, 0.15) is 11.4 Å². The van der Waals surface area contributed by atoms with Gasteiger partial charge in [-0.2, -0.15) is 0 Å². The maximum atomic E-state index is 5.78. The zero-order chi connectivity index (χ0) is 11.7. The molecule has 2 heterocycles. The Morgan fingerprint density at radius 2 is 2.24 bits per heavy atom. The molecule has 0 radical (unpaired) electrons. The molecule has 5 heteroatoms. The normalized spacial score (nSPS) is 15.8. The summed E-state index contributed by atoms with van der Waals surface area (Å²) in [5, 5.41) is 8.04. The number of fused-ring (bicyclic) bond motifs is 1. The average Bonchev–Trinajstić information content (AvgIpc) is 2.76. The minimum absolute atomic E-state index is 0.822. The van der Waals surface area contributed by atoms with Gasteiger partial charge in [-0.15, -0.1) is 10.2 Å². The Hall–Kier alpha value is -1.88. The van der Waals surface area contributed by atoms with Crippen molar-refractivity contribution in [3.05, 3.63) is 42.0 Å². The molecule has 1 aromatic heterocycles. The van der Waals surface area contributed by atoms with Crippen molar-refractivity contribution in [1.29, 1.82) is 0 Å². The van der Waals surface area contributed by atoms with E-state index in [1.807, 2.05) is 18.2 Å². The lowest BCUT2D eigenvalue weighted by molar-refractivity contribution is 0.209. The lowest BCUT2D eigenvalue weighted by Crippen LogP contribution is -2.33. The molecule has 0 bridgehead atoms. The number of nitrogens with two attached hydrogens (primary N) is 1. The van der Waals surface area contributed by atoms with Gasteiger partial charge in [-0.1, -0.05) is 12.1 Å². The van der Waals surface area contributed by atoms with Crippen LogP contribution in [-0.4, -0.2) is 26.2 Å². The minimum Gasteiger partial charge on any atom is -0.399 e. The van der Waals surface area contributed by atoms with Crippen molar-refractivity contribution in [2.45, 2.75) is 19.6 Å². The van der Waals surface area contributed by atoms with Gasteiger partial charge in [0, 0.05) is 25.3 Å². The maximum Gasteiger partial charge on any atom is 0.147 e. The van der Waals surface area contributed by atoms with Gasteiger partial charge in [-0.25, -0.2) is 0 Å². The van der Waals surface area contributed by atoms with Crippen LogP contribution < -0.4 is 5.73 Å². The molecule has 17 heavy (non-hydrogen) atoms. The summed E-state index contributed by atoms with van der Waals surface area (Å²) >= 11 is 0. The number of hydrogen-bond acceptors (Lipinski definition) is 4. The van der Waals surface area contributed by atoms with Gasteiger partial charge < -0.3 is 10.3 Å². The van der Waals surface area contributed by atoms with Crippen LogP contribution in [0.5, 0.6) is 0 Å². The molecule has 0 amide bonds. The molecule has 0 saturated heterocycles. The molecule has 0 atom stereocenters. The molecule has 3 rings (SSSR count). The number of hydrogen-bond donors (Lipinski definition) is 1. The summed E-state index contributed by atoms with van der Waals surface area (Å²) in [5.41, 5.74) is 7.85. The van der Waals surface area contributed by atoms with E-state index < -0.39 is 0 Å². The number of rotatable bonds is 2. The number of nitrogen functional groups attached to an aromatic ring is 1. The second-order valence-corrected chi connectivity index (χ2v) is 4.40. The summed E-state index contributed by atoms with van der Waals surface area (Å²) < 4.78 is 2.11. The van der Waals surface area contributed by atoms with E-state index in [0.29, 0.717) is 0 Å². The standard InChI is InChI=1S/C12H15N5/c13-11-3-1-2-10(6-11)7-16-4-5-17-9-14-15-12(17)8-16/h1-3,6,9H,4-5,7-8,13H2. The SMILES string of the molecule is Nc1cccc(CN2CCn3cnnc3C2)c1. The van der Waals surface area contributed by atoms with E-state index in [1.54, 1.807) is 6.33 Å². The van der Waals surface area contributed by atoms with Crippen molar-refractivity contribution in [2.75, 3.05) is 12.3 Å². The van der Waals surface area contributed by atoms with E-state index in [9.17, 15) is 0 Å². The van der Waals surface area contributed by atoms with Crippen LogP contribution >= 0.6 is 0 Å². The van der Waals surface area contributed by atoms with Gasteiger partial charge in [0.2, 0.25) is 0 Å². The quantitative estimate of drug-likeness (QED) is 0.776. The molecule has 0 aliphatic carbocycles. The van der Waals surface area contributed by atoms with E-state index in [4.69, 9.17) is 5.73 Å². The summed E-state index contributed by atoms with van der Waals surface area (Å²) in [5.74, 6) is 1.04. The van der Waals surface area contributed by atoms with Crippen molar-refractivity contribution >= 4 is 5.69 Å². The second-order valence-electron chi connectivity index (χ2n) is 4.40. The summed E-state index contributed by atoms with van der Waals surface area (Å²) in [4.78, 5) is 2.36. The van der Waals surface area contributed by atoms with Gasteiger partial charge in [0.05, 0.1) is 6.54 Å². The first-order chi connectivity index (χ1) is 8.31. The van der Waals surface area contributed by atoms with Crippen LogP contribution in [0.4, 0.5) is 5.69 Å². The fraction of sp³-hybridized carbons (Fsp3) is 0.333. The molecular weight excluding hydrogens is 214 g/mol. The molecule has 1 aliphatic heterocycles. The number of anilines is 1. The van der Waals surface area contributed by atoms with Crippen molar-refractivity contribution in [3.8, 4) is 0 Å². The summed E-state index contributed by atoms with van der Waals surface area (Å²) in [6, 6.07) is 8.04. The fourth-order valence-corrected chi connectivity index (χ4v) is 2.20. The molecule has 0 saturated carbocycles. The first kappa shape index (κ1) is 10.3. The summed E-state index contributed by atoms with van der Waals surface area (Å²) in [6.45, 7) is 3.76. The highest BCUT2D eigenvalue weighted by molar-refractivity contribution is 5.40. The molecule has 0 spiro atoms. The van der Waals surface area contributed by atoms with E-state index >= 15 is 0 Å². The average molecular weight is 229 g/mol. The zero-order valence-corrected chi connectivity index (χ0v) is 9.58. The molecular formula is C12H15N5. The predicted molar refractivity (Wildman–Crippen MR) is 65.0 cm³/mol. The van der Waals surface area contributed by atoms with Gasteiger partial charge in [-0.05, 0) is 17.7 Å². The van der Waals surface area contributed by atoms with Crippen LogP contribution in [0.2, 0.25) is 0 Å². The molecule has 88 valence electrons. The lowest BCUT2D eigenvalue weighted by atomic mass is 10.2. The van der Waals surface area contributed by atoms with E-state index in [1.165, 1.54) is 5.56 Å². The van der Waals surface area contributed by atoms with Crippen molar-refractivity contribution in [1.82, 2.24) is 19.7 Å². The number of nitrogens with zero attached hydrogens (tertiary/aromatic N) is 4. The Kier molecular flexibility index (Phi) is 2.53. The van der Waals surface area contributed by atoms with Crippen LogP contribution in [-0.2, 0) is 19.6 Å². The molecule has 2 aromatic rings. The largest absolute Gasteiger partial charge is 0.399 e. The van der Waals surface area contributed by atoms with Gasteiger partial charge in [-0.3, -0.25) is 4.90 Å². The van der Waals surface area contributed by atoms with Crippen molar-refractivity contribution in [3.63, 3.8) is 0 Å². The highest BCUT2D eigenvalue weighted by Crippen LogP contribution is 2.14. The Labute approximate surface area is 99.9 Å². The zero-order valence-electron chi connectivity index (χ0n) is 9.58. The van der Waals surface area contributed by atoms with Crippen LogP contribution in [0.15, 0.2) is 30.6 Å². The minimum atomic E-state index is 0.822. The monoisotopic (exact) mass is 229 g/mol. The highest BCUT2D eigenvalue weighted by atomic mass is 15.3. The molecule has 2 N–H and O–H groups in total. The highest BCUT2D eigenvalue weighted by Gasteiger charge is 2.17. The number of aromatic nitrogens is 3. The maximum absolute atomic E-state index is 5.78. The van der Waals surface area contributed by atoms with Crippen LogP contribution in [0.3, 0.4) is 0 Å². The van der Waals surface area contributed by atoms with E-state index in [2.05, 4.69) is 25.7 Å². The van der Waals surface area contributed by atoms with Crippen molar-refractivity contribution in [2.24, 2.45) is 0 Å². The first-order valence-electron chi connectivity index (χ1n) is 5.75. The lowest BCUT2D eigenvalue weighted by Gasteiger charge is -2.26. The Bertz CT molecular complexity index is 519. The van der Waals surface area contributed by atoms with E-state index in [0.717, 1.165) is 37.7 Å².